The maximum absolute atomic E-state index is 10.7. The molecule has 2 rings (SSSR count). The first-order valence-electron chi connectivity index (χ1n) is 6.29. The second-order valence-corrected chi connectivity index (χ2v) is 5.09. The maximum atomic E-state index is 10.7. The Labute approximate surface area is 97.1 Å². The summed E-state index contributed by atoms with van der Waals surface area (Å²) in [6.07, 6.45) is 9.37. The number of aliphatic carboxylic acids is 1. The molecule has 0 amide bonds. The van der Waals surface area contributed by atoms with Gasteiger partial charge in [-0.2, -0.15) is 0 Å². The summed E-state index contributed by atoms with van der Waals surface area (Å²) in [4.78, 5) is 13.3. The number of carboxylic acid groups (broad SMARTS) is 1. The molecule has 0 aliphatic carbocycles. The molecule has 3 nitrogen and oxygen atoms in total. The lowest BCUT2D eigenvalue weighted by atomic mass is 9.88. The number of hydrogen-bond donors (Lipinski definition) is 1. The quantitative estimate of drug-likeness (QED) is 0.743. The Balaban J connectivity index is 1.93. The van der Waals surface area contributed by atoms with E-state index in [0.29, 0.717) is 24.4 Å². The largest absolute Gasteiger partial charge is 0.481 e. The molecule has 3 heteroatoms. The van der Waals surface area contributed by atoms with E-state index in [-0.39, 0.29) is 0 Å². The van der Waals surface area contributed by atoms with Crippen LogP contribution in [0.2, 0.25) is 0 Å². The molecular weight excluding hydrogens is 202 g/mol. The highest BCUT2D eigenvalue weighted by molar-refractivity contribution is 5.67. The highest BCUT2D eigenvalue weighted by atomic mass is 16.4. The lowest BCUT2D eigenvalue weighted by Crippen LogP contribution is -2.43. The lowest BCUT2D eigenvalue weighted by molar-refractivity contribution is -0.138. The Morgan fingerprint density at radius 1 is 1.38 bits per heavy atom. The van der Waals surface area contributed by atoms with Crippen LogP contribution in [0.1, 0.15) is 39.0 Å². The van der Waals surface area contributed by atoms with Crippen molar-refractivity contribution in [2.24, 2.45) is 5.92 Å². The van der Waals surface area contributed by atoms with Gasteiger partial charge in [-0.3, -0.25) is 9.69 Å². The Morgan fingerprint density at radius 3 is 2.50 bits per heavy atom. The molecule has 2 aliphatic rings. The SMILES string of the molecule is CC=CCN1C2CCC1CC(CC(=O)O)C2. The van der Waals surface area contributed by atoms with Crippen molar-refractivity contribution in [3.63, 3.8) is 0 Å². The minimum atomic E-state index is -0.633. The molecule has 0 aromatic heterocycles. The van der Waals surface area contributed by atoms with Crippen LogP contribution in [0.3, 0.4) is 0 Å². The van der Waals surface area contributed by atoms with Gasteiger partial charge in [0.25, 0.3) is 0 Å². The van der Waals surface area contributed by atoms with Gasteiger partial charge in [0.05, 0.1) is 0 Å². The zero-order valence-corrected chi connectivity index (χ0v) is 9.93. The molecule has 0 aromatic carbocycles. The third-order valence-corrected chi connectivity index (χ3v) is 4.00. The fourth-order valence-corrected chi connectivity index (χ4v) is 3.33. The average Bonchev–Trinajstić information content (AvgIpc) is 2.46. The van der Waals surface area contributed by atoms with Gasteiger partial charge in [-0.15, -0.1) is 0 Å². The second kappa shape index (κ2) is 5.00. The van der Waals surface area contributed by atoms with Crippen LogP contribution >= 0.6 is 0 Å². The molecule has 2 unspecified atom stereocenters. The monoisotopic (exact) mass is 223 g/mol. The first kappa shape index (κ1) is 11.6. The summed E-state index contributed by atoms with van der Waals surface area (Å²) in [7, 11) is 0. The lowest BCUT2D eigenvalue weighted by Gasteiger charge is -2.38. The number of carbonyl (C=O) groups is 1. The minimum Gasteiger partial charge on any atom is -0.481 e. The van der Waals surface area contributed by atoms with E-state index >= 15 is 0 Å². The van der Waals surface area contributed by atoms with Crippen molar-refractivity contribution in [1.82, 2.24) is 4.90 Å². The minimum absolute atomic E-state index is 0.366. The molecule has 0 radical (unpaired) electrons. The van der Waals surface area contributed by atoms with E-state index in [9.17, 15) is 4.79 Å². The van der Waals surface area contributed by atoms with Crippen LogP contribution in [0.5, 0.6) is 0 Å². The number of carboxylic acids is 1. The van der Waals surface area contributed by atoms with Gasteiger partial charge in [0, 0.05) is 25.0 Å². The zero-order chi connectivity index (χ0) is 11.5. The molecule has 2 aliphatic heterocycles. The van der Waals surface area contributed by atoms with Gasteiger partial charge in [0.15, 0.2) is 0 Å². The number of fused-ring (bicyclic) bond motifs is 2. The molecule has 2 bridgehead atoms. The Kier molecular flexibility index (Phi) is 3.64. The summed E-state index contributed by atoms with van der Waals surface area (Å²) >= 11 is 0. The molecule has 2 heterocycles. The van der Waals surface area contributed by atoms with Gasteiger partial charge in [0.2, 0.25) is 0 Å². The smallest absolute Gasteiger partial charge is 0.303 e. The zero-order valence-electron chi connectivity index (χ0n) is 9.93. The molecule has 0 aromatic rings. The van der Waals surface area contributed by atoms with Crippen LogP contribution in [-0.2, 0) is 4.79 Å². The van der Waals surface area contributed by atoms with Gasteiger partial charge in [-0.25, -0.2) is 0 Å². The van der Waals surface area contributed by atoms with E-state index in [1.54, 1.807) is 0 Å². The normalized spacial score (nSPS) is 34.7. The van der Waals surface area contributed by atoms with Crippen molar-refractivity contribution in [1.29, 1.82) is 0 Å². The van der Waals surface area contributed by atoms with E-state index in [2.05, 4.69) is 24.0 Å². The Hall–Kier alpha value is -0.830. The van der Waals surface area contributed by atoms with Crippen molar-refractivity contribution in [2.45, 2.75) is 51.1 Å². The van der Waals surface area contributed by atoms with Gasteiger partial charge in [0.1, 0.15) is 0 Å². The first-order valence-corrected chi connectivity index (χ1v) is 6.29. The summed E-state index contributed by atoms with van der Waals surface area (Å²) in [6, 6.07) is 1.28. The van der Waals surface area contributed by atoms with Crippen molar-refractivity contribution in [3.05, 3.63) is 12.2 Å². The van der Waals surface area contributed by atoms with Crippen molar-refractivity contribution in [3.8, 4) is 0 Å². The van der Waals surface area contributed by atoms with Crippen molar-refractivity contribution in [2.75, 3.05) is 6.54 Å². The van der Waals surface area contributed by atoms with Crippen LogP contribution in [0.15, 0.2) is 12.2 Å². The molecule has 2 fully saturated rings. The summed E-state index contributed by atoms with van der Waals surface area (Å²) in [5.41, 5.74) is 0. The molecule has 2 atom stereocenters. The third kappa shape index (κ3) is 2.46. The molecule has 90 valence electrons. The number of rotatable bonds is 4. The highest BCUT2D eigenvalue weighted by Gasteiger charge is 2.40. The molecule has 1 N–H and O–H groups in total. The summed E-state index contributed by atoms with van der Waals surface area (Å²) in [6.45, 7) is 3.10. The maximum Gasteiger partial charge on any atom is 0.303 e. The topological polar surface area (TPSA) is 40.5 Å². The molecule has 2 saturated heterocycles. The fourth-order valence-electron chi connectivity index (χ4n) is 3.33. The fraction of sp³-hybridized carbons (Fsp3) is 0.769. The predicted molar refractivity (Wildman–Crippen MR) is 63.3 cm³/mol. The predicted octanol–water partition coefficient (Wildman–Crippen LogP) is 2.28. The van der Waals surface area contributed by atoms with Crippen molar-refractivity contribution < 1.29 is 9.90 Å². The molecular formula is C13H21NO2. The van der Waals surface area contributed by atoms with Crippen LogP contribution in [0.25, 0.3) is 0 Å². The summed E-state index contributed by atoms with van der Waals surface area (Å²) in [5.74, 6) is -0.219. The van der Waals surface area contributed by atoms with Gasteiger partial charge < -0.3 is 5.11 Å². The Bertz CT molecular complexity index is 274. The number of allylic oxidation sites excluding steroid dienone is 1. The van der Waals surface area contributed by atoms with E-state index in [1.165, 1.54) is 12.8 Å². The van der Waals surface area contributed by atoms with Gasteiger partial charge >= 0.3 is 5.97 Å². The van der Waals surface area contributed by atoms with E-state index in [4.69, 9.17) is 5.11 Å². The van der Waals surface area contributed by atoms with E-state index in [1.807, 2.05) is 0 Å². The average molecular weight is 223 g/mol. The van der Waals surface area contributed by atoms with Crippen LogP contribution in [0, 0.1) is 5.92 Å². The molecule has 0 saturated carbocycles. The first-order chi connectivity index (χ1) is 7.70. The molecule has 16 heavy (non-hydrogen) atoms. The van der Waals surface area contributed by atoms with Gasteiger partial charge in [-0.05, 0) is 38.5 Å². The van der Waals surface area contributed by atoms with E-state index in [0.717, 1.165) is 19.4 Å². The standard InChI is InChI=1S/C13H21NO2/c1-2-3-6-14-11-4-5-12(14)8-10(7-11)9-13(15)16/h2-3,10-12H,4-9H2,1H3,(H,15,16). The van der Waals surface area contributed by atoms with Crippen molar-refractivity contribution >= 4 is 5.97 Å². The highest BCUT2D eigenvalue weighted by Crippen LogP contribution is 2.39. The number of piperidine rings is 1. The molecule has 0 spiro atoms. The number of nitrogens with zero attached hydrogens (tertiary/aromatic N) is 1. The second-order valence-electron chi connectivity index (χ2n) is 5.09. The third-order valence-electron chi connectivity index (χ3n) is 4.00. The Morgan fingerprint density at radius 2 is 2.00 bits per heavy atom. The summed E-state index contributed by atoms with van der Waals surface area (Å²) < 4.78 is 0. The van der Waals surface area contributed by atoms with Gasteiger partial charge in [-0.1, -0.05) is 12.2 Å². The summed E-state index contributed by atoms with van der Waals surface area (Å²) in [5, 5.41) is 8.84. The van der Waals surface area contributed by atoms with E-state index < -0.39 is 5.97 Å². The van der Waals surface area contributed by atoms with Crippen LogP contribution < -0.4 is 0 Å². The number of hydrogen-bond acceptors (Lipinski definition) is 2. The van der Waals surface area contributed by atoms with Crippen LogP contribution in [0.4, 0.5) is 0 Å². The van der Waals surface area contributed by atoms with Crippen LogP contribution in [-0.4, -0.2) is 34.6 Å².